The Balaban J connectivity index is 2.41. The van der Waals surface area contributed by atoms with Crippen molar-refractivity contribution in [3.63, 3.8) is 0 Å². The van der Waals surface area contributed by atoms with Crippen LogP contribution in [0.25, 0.3) is 0 Å². The molecule has 106 valence electrons. The van der Waals surface area contributed by atoms with Crippen molar-refractivity contribution in [2.24, 2.45) is 0 Å². The topological polar surface area (TPSA) is 46.2 Å². The molecule has 0 amide bonds. The third kappa shape index (κ3) is 3.06. The van der Waals surface area contributed by atoms with E-state index in [1.807, 2.05) is 0 Å². The Hall–Kier alpha value is -1.30. The van der Waals surface area contributed by atoms with Crippen LogP contribution in [-0.4, -0.2) is 8.42 Å². The van der Waals surface area contributed by atoms with Crippen LogP contribution in [0.1, 0.15) is 5.56 Å². The molecular weight excluding hydrogens is 324 g/mol. The minimum Gasteiger partial charge on any atom is -0.279 e. The molecule has 0 fully saturated rings. The Bertz CT molecular complexity index is 763. The van der Waals surface area contributed by atoms with E-state index in [0.717, 1.165) is 18.2 Å². The van der Waals surface area contributed by atoms with E-state index in [2.05, 4.69) is 4.72 Å². The fraction of sp³-hybridized carbons (Fsp3) is 0.0769. The van der Waals surface area contributed by atoms with E-state index in [-0.39, 0.29) is 9.92 Å². The van der Waals surface area contributed by atoms with Crippen LogP contribution in [-0.2, 0) is 10.0 Å². The highest BCUT2D eigenvalue weighted by molar-refractivity contribution is 7.92. The molecule has 0 atom stereocenters. The van der Waals surface area contributed by atoms with Crippen LogP contribution >= 0.6 is 23.2 Å². The number of benzene rings is 2. The first kappa shape index (κ1) is 15.1. The van der Waals surface area contributed by atoms with Gasteiger partial charge in [-0.3, -0.25) is 4.72 Å². The molecule has 7 heteroatoms. The van der Waals surface area contributed by atoms with E-state index in [1.165, 1.54) is 0 Å². The second-order valence-corrected chi connectivity index (χ2v) is 6.59. The first-order valence-electron chi connectivity index (χ1n) is 5.54. The molecule has 0 aliphatic rings. The predicted octanol–water partition coefficient (Wildman–Crippen LogP) is 4.24. The first-order chi connectivity index (χ1) is 9.31. The number of hydrogen-bond acceptors (Lipinski definition) is 2. The van der Waals surface area contributed by atoms with Crippen LogP contribution in [0.4, 0.5) is 10.1 Å². The maximum Gasteiger partial charge on any atom is 0.261 e. The molecule has 0 radical (unpaired) electrons. The Morgan fingerprint density at radius 1 is 1.10 bits per heavy atom. The van der Waals surface area contributed by atoms with Gasteiger partial charge < -0.3 is 0 Å². The molecule has 0 bridgehead atoms. The monoisotopic (exact) mass is 333 g/mol. The maximum atomic E-state index is 13.1. The SMILES string of the molecule is Cc1c(Cl)cccc1NS(=O)(=O)c1ccc(F)c(Cl)c1. The normalized spacial score (nSPS) is 11.4. The van der Waals surface area contributed by atoms with Crippen molar-refractivity contribution in [3.05, 3.63) is 57.8 Å². The summed E-state index contributed by atoms with van der Waals surface area (Å²) in [5, 5.41) is 0.193. The van der Waals surface area contributed by atoms with Gasteiger partial charge in [-0.15, -0.1) is 0 Å². The van der Waals surface area contributed by atoms with Crippen molar-refractivity contribution >= 4 is 38.9 Å². The molecular formula is C13H10Cl2FNO2S. The minimum atomic E-state index is -3.85. The molecule has 2 aromatic rings. The molecule has 1 N–H and O–H groups in total. The van der Waals surface area contributed by atoms with Gasteiger partial charge in [-0.1, -0.05) is 29.3 Å². The second-order valence-electron chi connectivity index (χ2n) is 4.09. The average Bonchev–Trinajstić information content (AvgIpc) is 2.38. The van der Waals surface area contributed by atoms with Crippen molar-refractivity contribution in [1.82, 2.24) is 0 Å². The summed E-state index contributed by atoms with van der Waals surface area (Å²) < 4.78 is 39.8. The van der Waals surface area contributed by atoms with Crippen molar-refractivity contribution < 1.29 is 12.8 Å². The fourth-order valence-corrected chi connectivity index (χ4v) is 3.13. The third-order valence-electron chi connectivity index (χ3n) is 2.71. The largest absolute Gasteiger partial charge is 0.279 e. The van der Waals surface area contributed by atoms with E-state index in [4.69, 9.17) is 23.2 Å². The molecule has 0 aliphatic heterocycles. The Labute approximate surface area is 126 Å². The first-order valence-corrected chi connectivity index (χ1v) is 7.78. The van der Waals surface area contributed by atoms with Crippen LogP contribution in [0.3, 0.4) is 0 Å². The zero-order valence-corrected chi connectivity index (χ0v) is 12.7. The Morgan fingerprint density at radius 2 is 1.80 bits per heavy atom. The van der Waals surface area contributed by atoms with Crippen molar-refractivity contribution in [2.75, 3.05) is 4.72 Å². The highest BCUT2D eigenvalue weighted by Gasteiger charge is 2.17. The lowest BCUT2D eigenvalue weighted by atomic mass is 10.2. The molecule has 2 rings (SSSR count). The molecule has 0 unspecified atom stereocenters. The third-order valence-corrected chi connectivity index (χ3v) is 4.78. The molecule has 3 nitrogen and oxygen atoms in total. The van der Waals surface area contributed by atoms with E-state index in [9.17, 15) is 12.8 Å². The minimum absolute atomic E-state index is 0.122. The van der Waals surface area contributed by atoms with E-state index >= 15 is 0 Å². The zero-order valence-electron chi connectivity index (χ0n) is 10.3. The molecule has 20 heavy (non-hydrogen) atoms. The van der Waals surface area contributed by atoms with Gasteiger partial charge in [0.25, 0.3) is 10.0 Å². The summed E-state index contributed by atoms with van der Waals surface area (Å²) in [4.78, 5) is -0.122. The Morgan fingerprint density at radius 3 is 2.45 bits per heavy atom. The summed E-state index contributed by atoms with van der Waals surface area (Å²) in [6.07, 6.45) is 0. The summed E-state index contributed by atoms with van der Waals surface area (Å²) in [5.41, 5.74) is 0.962. The van der Waals surface area contributed by atoms with Gasteiger partial charge in [-0.2, -0.15) is 0 Å². The van der Waals surface area contributed by atoms with Crippen LogP contribution in [0.5, 0.6) is 0 Å². The number of nitrogens with one attached hydrogen (secondary N) is 1. The quantitative estimate of drug-likeness (QED) is 0.912. The van der Waals surface area contributed by atoms with Crippen molar-refractivity contribution in [3.8, 4) is 0 Å². The van der Waals surface area contributed by atoms with Gasteiger partial charge in [0.1, 0.15) is 5.82 Å². The van der Waals surface area contributed by atoms with Gasteiger partial charge in [-0.25, -0.2) is 12.8 Å². The standard InChI is InChI=1S/C13H10Cl2FNO2S/c1-8-10(14)3-2-4-13(8)17-20(18,19)9-5-6-12(16)11(15)7-9/h2-7,17H,1H3. The highest BCUT2D eigenvalue weighted by atomic mass is 35.5. The number of rotatable bonds is 3. The predicted molar refractivity (Wildman–Crippen MR) is 78.4 cm³/mol. The average molecular weight is 334 g/mol. The highest BCUT2D eigenvalue weighted by Crippen LogP contribution is 2.26. The van der Waals surface area contributed by atoms with Crippen LogP contribution in [0.15, 0.2) is 41.3 Å². The van der Waals surface area contributed by atoms with Crippen LogP contribution in [0.2, 0.25) is 10.0 Å². The van der Waals surface area contributed by atoms with Gasteiger partial charge in [0.15, 0.2) is 0 Å². The van der Waals surface area contributed by atoms with Crippen LogP contribution < -0.4 is 4.72 Å². The summed E-state index contributed by atoms with van der Waals surface area (Å²) in [5.74, 6) is -0.676. The smallest absolute Gasteiger partial charge is 0.261 e. The number of anilines is 1. The molecule has 2 aromatic carbocycles. The van der Waals surface area contributed by atoms with Gasteiger partial charge in [0.2, 0.25) is 0 Å². The number of hydrogen-bond donors (Lipinski definition) is 1. The Kier molecular flexibility index (Phi) is 4.22. The number of halogens is 3. The summed E-state index contributed by atoms with van der Waals surface area (Å²) in [6.45, 7) is 1.69. The zero-order chi connectivity index (χ0) is 14.9. The lowest BCUT2D eigenvalue weighted by molar-refractivity contribution is 0.599. The lowest BCUT2D eigenvalue weighted by Crippen LogP contribution is -2.14. The van der Waals surface area contributed by atoms with Crippen molar-refractivity contribution in [2.45, 2.75) is 11.8 Å². The van der Waals surface area contributed by atoms with Gasteiger partial charge in [0, 0.05) is 5.02 Å². The molecule has 0 saturated carbocycles. The summed E-state index contributed by atoms with van der Waals surface area (Å²) in [6, 6.07) is 8.07. The second kappa shape index (κ2) is 5.60. The molecule has 0 aromatic heterocycles. The fourth-order valence-electron chi connectivity index (χ4n) is 1.57. The maximum absolute atomic E-state index is 13.1. The molecule has 0 aliphatic carbocycles. The van der Waals surface area contributed by atoms with Crippen molar-refractivity contribution in [1.29, 1.82) is 0 Å². The van der Waals surface area contributed by atoms with E-state index in [0.29, 0.717) is 16.3 Å². The lowest BCUT2D eigenvalue weighted by Gasteiger charge is -2.11. The summed E-state index contributed by atoms with van der Waals surface area (Å²) in [7, 11) is -3.85. The van der Waals surface area contributed by atoms with Gasteiger partial charge in [0.05, 0.1) is 15.6 Å². The molecule has 0 saturated heterocycles. The molecule has 0 heterocycles. The van der Waals surface area contributed by atoms with Crippen LogP contribution in [0, 0.1) is 12.7 Å². The van der Waals surface area contributed by atoms with E-state index in [1.54, 1.807) is 25.1 Å². The molecule has 0 spiro atoms. The number of sulfonamides is 1. The van der Waals surface area contributed by atoms with E-state index < -0.39 is 15.8 Å². The summed E-state index contributed by atoms with van der Waals surface area (Å²) >= 11 is 11.5. The van der Waals surface area contributed by atoms with Gasteiger partial charge >= 0.3 is 0 Å². The van der Waals surface area contributed by atoms with Gasteiger partial charge in [-0.05, 0) is 42.8 Å².